The summed E-state index contributed by atoms with van der Waals surface area (Å²) in [6.45, 7) is 5.07. The third-order valence-electron chi connectivity index (χ3n) is 4.63. The lowest BCUT2D eigenvalue weighted by Gasteiger charge is -2.13. The Labute approximate surface area is 174 Å². The van der Waals surface area contributed by atoms with Crippen LogP contribution in [-0.2, 0) is 4.79 Å². The molecule has 0 atom stereocenters. The number of carbonyl (C=O) groups is 1. The Morgan fingerprint density at radius 2 is 2.14 bits per heavy atom. The van der Waals surface area contributed by atoms with Gasteiger partial charge < -0.3 is 15.2 Å². The van der Waals surface area contributed by atoms with Crippen LogP contribution < -0.4 is 10.6 Å². The number of nitrogens with zero attached hydrogens (tertiary/aromatic N) is 3. The summed E-state index contributed by atoms with van der Waals surface area (Å²) in [6.07, 6.45) is 5.54. The third-order valence-corrected chi connectivity index (χ3v) is 4.94. The molecule has 2 N–H and O–H groups in total. The molecular weight excluding hydrogens is 386 g/mol. The van der Waals surface area contributed by atoms with Crippen molar-refractivity contribution in [3.63, 3.8) is 0 Å². The van der Waals surface area contributed by atoms with E-state index in [0.29, 0.717) is 28.0 Å². The summed E-state index contributed by atoms with van der Waals surface area (Å²) in [5.41, 5.74) is 4.69. The maximum absolute atomic E-state index is 12.5. The molecule has 1 aliphatic heterocycles. The molecular formula is C22H22ClN5O. The first-order valence-electron chi connectivity index (χ1n) is 9.53. The van der Waals surface area contributed by atoms with Gasteiger partial charge in [-0.2, -0.15) is 0 Å². The molecule has 6 nitrogen and oxygen atoms in total. The van der Waals surface area contributed by atoms with Crippen molar-refractivity contribution in [2.45, 2.75) is 20.3 Å². The van der Waals surface area contributed by atoms with Crippen LogP contribution in [0.1, 0.15) is 25.8 Å². The molecule has 0 spiro atoms. The molecule has 7 heteroatoms. The smallest absolute Gasteiger partial charge is 0.230 e. The molecule has 0 saturated heterocycles. The minimum Gasteiger partial charge on any atom is -0.384 e. The highest BCUT2D eigenvalue weighted by atomic mass is 35.5. The van der Waals surface area contributed by atoms with Crippen molar-refractivity contribution in [3.8, 4) is 5.69 Å². The van der Waals surface area contributed by atoms with Crippen LogP contribution in [-0.4, -0.2) is 27.7 Å². The zero-order valence-corrected chi connectivity index (χ0v) is 17.1. The molecule has 0 fully saturated rings. The van der Waals surface area contributed by atoms with E-state index < -0.39 is 0 Å². The lowest BCUT2D eigenvalue weighted by molar-refractivity contribution is -0.115. The summed E-state index contributed by atoms with van der Waals surface area (Å²) >= 11 is 6.41. The number of aromatic nitrogens is 2. The lowest BCUT2D eigenvalue weighted by atomic mass is 10.1. The molecule has 0 bridgehead atoms. The van der Waals surface area contributed by atoms with Crippen LogP contribution in [0.25, 0.3) is 5.69 Å². The lowest BCUT2D eigenvalue weighted by Crippen LogP contribution is -2.15. The van der Waals surface area contributed by atoms with Crippen LogP contribution >= 0.6 is 11.6 Å². The highest BCUT2D eigenvalue weighted by molar-refractivity contribution is 6.34. The zero-order chi connectivity index (χ0) is 20.4. The normalized spacial score (nSPS) is 13.5. The van der Waals surface area contributed by atoms with E-state index in [4.69, 9.17) is 16.6 Å². The van der Waals surface area contributed by atoms with Gasteiger partial charge in [0.25, 0.3) is 0 Å². The van der Waals surface area contributed by atoms with Crippen molar-refractivity contribution >= 4 is 40.3 Å². The second-order valence-electron chi connectivity index (χ2n) is 7.43. The summed E-state index contributed by atoms with van der Waals surface area (Å²) in [5, 5.41) is 6.83. The van der Waals surface area contributed by atoms with Crippen molar-refractivity contribution in [1.82, 2.24) is 9.55 Å². The van der Waals surface area contributed by atoms with Gasteiger partial charge in [0.05, 0.1) is 40.5 Å². The molecule has 1 aromatic heterocycles. The Morgan fingerprint density at radius 1 is 1.28 bits per heavy atom. The van der Waals surface area contributed by atoms with E-state index in [9.17, 15) is 4.79 Å². The van der Waals surface area contributed by atoms with Crippen molar-refractivity contribution in [1.29, 1.82) is 0 Å². The van der Waals surface area contributed by atoms with Crippen LogP contribution in [0.4, 0.5) is 17.1 Å². The molecule has 3 aromatic rings. The minimum atomic E-state index is -0.116. The first kappa shape index (κ1) is 19.2. The Morgan fingerprint density at radius 3 is 2.90 bits per heavy atom. The topological polar surface area (TPSA) is 71.3 Å². The molecule has 29 heavy (non-hydrogen) atoms. The van der Waals surface area contributed by atoms with E-state index in [0.717, 1.165) is 23.5 Å². The maximum atomic E-state index is 12.5. The van der Waals surface area contributed by atoms with E-state index >= 15 is 0 Å². The predicted octanol–water partition coefficient (Wildman–Crippen LogP) is 5.06. The predicted molar refractivity (Wildman–Crippen MR) is 118 cm³/mol. The maximum Gasteiger partial charge on any atom is 0.230 e. The number of imidazole rings is 1. The van der Waals surface area contributed by atoms with Gasteiger partial charge in [-0.1, -0.05) is 37.6 Å². The van der Waals surface area contributed by atoms with Gasteiger partial charge in [0.15, 0.2) is 0 Å². The van der Waals surface area contributed by atoms with Crippen molar-refractivity contribution in [3.05, 3.63) is 65.7 Å². The SMILES string of the molecule is CC(C)CNc1cc2c(cc1Cl)NC(=O)CC(c1cccc(-n3ccnc3)c1)=N2. The Balaban J connectivity index is 1.74. The van der Waals surface area contributed by atoms with Gasteiger partial charge in [0.1, 0.15) is 0 Å². The van der Waals surface area contributed by atoms with Crippen LogP contribution in [0, 0.1) is 5.92 Å². The first-order valence-corrected chi connectivity index (χ1v) is 9.91. The van der Waals surface area contributed by atoms with Gasteiger partial charge in [0, 0.05) is 24.6 Å². The molecule has 0 unspecified atom stereocenters. The number of aliphatic imine (C=N–C) groups is 1. The summed E-state index contributed by atoms with van der Waals surface area (Å²) in [7, 11) is 0. The number of fused-ring (bicyclic) bond motifs is 1. The molecule has 148 valence electrons. The van der Waals surface area contributed by atoms with Gasteiger partial charge in [-0.05, 0) is 35.7 Å². The monoisotopic (exact) mass is 407 g/mol. The number of hydrogen-bond acceptors (Lipinski definition) is 4. The van der Waals surface area contributed by atoms with Crippen molar-refractivity contribution in [2.24, 2.45) is 10.9 Å². The second kappa shape index (κ2) is 8.09. The number of rotatable bonds is 5. The third kappa shape index (κ3) is 4.32. The number of amides is 1. The number of carbonyl (C=O) groups excluding carboxylic acids is 1. The van der Waals surface area contributed by atoms with E-state index in [-0.39, 0.29) is 12.3 Å². The minimum absolute atomic E-state index is 0.116. The summed E-state index contributed by atoms with van der Waals surface area (Å²) < 4.78 is 1.92. The van der Waals surface area contributed by atoms with Gasteiger partial charge in [-0.3, -0.25) is 9.79 Å². The fraction of sp³-hybridized carbons (Fsp3) is 0.227. The van der Waals surface area contributed by atoms with Crippen molar-refractivity contribution < 1.29 is 4.79 Å². The zero-order valence-electron chi connectivity index (χ0n) is 16.3. The highest BCUT2D eigenvalue weighted by Gasteiger charge is 2.19. The number of nitrogens with one attached hydrogen (secondary N) is 2. The van der Waals surface area contributed by atoms with Gasteiger partial charge in [-0.15, -0.1) is 0 Å². The molecule has 2 aromatic carbocycles. The van der Waals surface area contributed by atoms with Crippen molar-refractivity contribution in [2.75, 3.05) is 17.2 Å². The number of anilines is 2. The largest absolute Gasteiger partial charge is 0.384 e. The van der Waals surface area contributed by atoms with Crippen LogP contribution in [0.3, 0.4) is 0 Å². The molecule has 0 aliphatic carbocycles. The standard InChI is InChI=1S/C22H22ClN5O/c1-14(2)12-25-19-10-21-20(9-17(19)23)27-22(29)11-18(26-21)15-4-3-5-16(8-15)28-7-6-24-13-28/h3-10,13-14,25H,11-12H2,1-2H3,(H,27,29). The van der Waals surface area contributed by atoms with Crippen LogP contribution in [0.15, 0.2) is 60.1 Å². The van der Waals surface area contributed by atoms with E-state index in [2.05, 4.69) is 29.5 Å². The number of benzene rings is 2. The molecule has 2 heterocycles. The molecule has 0 radical (unpaired) electrons. The van der Waals surface area contributed by atoms with E-state index in [1.54, 1.807) is 18.6 Å². The Hall–Kier alpha value is -3.12. The average Bonchev–Trinajstić information content (AvgIpc) is 3.17. The molecule has 0 saturated carbocycles. The average molecular weight is 408 g/mol. The fourth-order valence-electron chi connectivity index (χ4n) is 3.16. The fourth-order valence-corrected chi connectivity index (χ4v) is 3.39. The summed E-state index contributed by atoms with van der Waals surface area (Å²) in [4.78, 5) is 21.4. The molecule has 4 rings (SSSR count). The quantitative estimate of drug-likeness (QED) is 0.621. The molecule has 1 aliphatic rings. The summed E-state index contributed by atoms with van der Waals surface area (Å²) in [6, 6.07) is 11.6. The first-order chi connectivity index (χ1) is 14.0. The van der Waals surface area contributed by atoms with Gasteiger partial charge in [0.2, 0.25) is 5.91 Å². The van der Waals surface area contributed by atoms with Crippen LogP contribution in [0.5, 0.6) is 0 Å². The number of halogens is 1. The second-order valence-corrected chi connectivity index (χ2v) is 7.83. The van der Waals surface area contributed by atoms with Gasteiger partial charge in [-0.25, -0.2) is 4.98 Å². The van der Waals surface area contributed by atoms with Gasteiger partial charge >= 0.3 is 0 Å². The van der Waals surface area contributed by atoms with E-state index in [1.807, 2.05) is 41.1 Å². The highest BCUT2D eigenvalue weighted by Crippen LogP contribution is 2.37. The Bertz CT molecular complexity index is 1070. The van der Waals surface area contributed by atoms with E-state index in [1.165, 1.54) is 0 Å². The number of hydrogen-bond donors (Lipinski definition) is 2. The summed E-state index contributed by atoms with van der Waals surface area (Å²) in [5.74, 6) is 0.365. The van der Waals surface area contributed by atoms with Crippen LogP contribution in [0.2, 0.25) is 5.02 Å². The Kier molecular flexibility index (Phi) is 5.36. The molecule has 1 amide bonds.